The number of hydrogen-bond acceptors (Lipinski definition) is 3. The van der Waals surface area contributed by atoms with Gasteiger partial charge in [-0.15, -0.1) is 0 Å². The summed E-state index contributed by atoms with van der Waals surface area (Å²) in [5.41, 5.74) is 6.04. The highest BCUT2D eigenvalue weighted by molar-refractivity contribution is 6.35. The fraction of sp³-hybridized carbons (Fsp3) is 0.571. The van der Waals surface area contributed by atoms with E-state index in [1.807, 2.05) is 0 Å². The zero-order chi connectivity index (χ0) is 15.1. The number of pyridine rings is 1. The van der Waals surface area contributed by atoms with Crippen LogP contribution in [0.4, 0.5) is 5.82 Å². The first-order valence-corrected chi connectivity index (χ1v) is 8.02. The lowest BCUT2D eigenvalue weighted by Crippen LogP contribution is -2.38. The Bertz CT molecular complexity index is 484. The molecule has 1 aliphatic rings. The fourth-order valence-corrected chi connectivity index (χ4v) is 2.74. The number of hydrogen-bond donors (Lipinski definition) is 2. The van der Waals surface area contributed by atoms with Gasteiger partial charge in [-0.3, -0.25) is 4.99 Å². The minimum atomic E-state index is 0.506. The number of likely N-dealkylation sites (tertiary alicyclic amines) is 1. The second-order valence-electron chi connectivity index (χ2n) is 5.05. The van der Waals surface area contributed by atoms with Gasteiger partial charge in [0.2, 0.25) is 0 Å². The summed E-state index contributed by atoms with van der Waals surface area (Å²) < 4.78 is 0. The third kappa shape index (κ3) is 5.25. The van der Waals surface area contributed by atoms with E-state index in [2.05, 4.69) is 20.2 Å². The van der Waals surface area contributed by atoms with E-state index in [9.17, 15) is 0 Å². The first-order valence-electron chi connectivity index (χ1n) is 7.26. The second-order valence-corrected chi connectivity index (χ2v) is 5.90. The van der Waals surface area contributed by atoms with E-state index in [1.165, 1.54) is 25.7 Å². The highest BCUT2D eigenvalue weighted by Gasteiger charge is 2.10. The summed E-state index contributed by atoms with van der Waals surface area (Å²) in [7, 11) is 0. The molecule has 0 aromatic carbocycles. The number of aromatic nitrogens is 1. The van der Waals surface area contributed by atoms with Crippen molar-refractivity contribution in [1.82, 2.24) is 9.88 Å². The van der Waals surface area contributed by atoms with Crippen LogP contribution in [0.5, 0.6) is 0 Å². The lowest BCUT2D eigenvalue weighted by atomic mass is 10.2. The molecule has 5 nitrogen and oxygen atoms in total. The van der Waals surface area contributed by atoms with Crippen molar-refractivity contribution in [3.63, 3.8) is 0 Å². The van der Waals surface area contributed by atoms with Crippen LogP contribution in [0, 0.1) is 0 Å². The summed E-state index contributed by atoms with van der Waals surface area (Å²) in [6.07, 6.45) is 6.51. The van der Waals surface area contributed by atoms with Gasteiger partial charge in [0.25, 0.3) is 0 Å². The molecule has 0 spiro atoms. The fourth-order valence-electron chi connectivity index (χ4n) is 2.29. The number of halogens is 2. The molecule has 1 aliphatic heterocycles. The molecule has 0 bridgehead atoms. The van der Waals surface area contributed by atoms with Crippen LogP contribution in [0.15, 0.2) is 17.3 Å². The normalized spacial score (nSPS) is 16.7. The van der Waals surface area contributed by atoms with Crippen LogP contribution in [0.2, 0.25) is 10.0 Å². The minimum Gasteiger partial charge on any atom is -0.370 e. The molecule has 3 N–H and O–H groups in total. The second kappa shape index (κ2) is 8.29. The van der Waals surface area contributed by atoms with Crippen LogP contribution >= 0.6 is 23.2 Å². The number of aliphatic imine (C=N–C) groups is 1. The number of anilines is 1. The Morgan fingerprint density at radius 1 is 1.29 bits per heavy atom. The molecule has 0 amide bonds. The van der Waals surface area contributed by atoms with Crippen molar-refractivity contribution in [2.75, 3.05) is 31.5 Å². The number of nitrogens with zero attached hydrogens (tertiary/aromatic N) is 3. The van der Waals surface area contributed by atoms with E-state index in [0.717, 1.165) is 13.1 Å². The number of nitrogens with two attached hydrogens (primary N) is 1. The lowest BCUT2D eigenvalue weighted by Gasteiger charge is -2.21. The van der Waals surface area contributed by atoms with E-state index < -0.39 is 0 Å². The molecule has 1 saturated heterocycles. The first kappa shape index (κ1) is 16.2. The molecule has 0 unspecified atom stereocenters. The monoisotopic (exact) mass is 329 g/mol. The maximum atomic E-state index is 6.04. The van der Waals surface area contributed by atoms with E-state index >= 15 is 0 Å². The van der Waals surface area contributed by atoms with E-state index in [0.29, 0.717) is 34.9 Å². The van der Waals surface area contributed by atoms with Crippen molar-refractivity contribution in [3.8, 4) is 0 Å². The van der Waals surface area contributed by atoms with Crippen LogP contribution in [0.1, 0.15) is 25.7 Å². The molecule has 0 atom stereocenters. The maximum Gasteiger partial charge on any atom is 0.191 e. The van der Waals surface area contributed by atoms with Crippen LogP contribution < -0.4 is 11.1 Å². The van der Waals surface area contributed by atoms with Crippen LogP contribution in [-0.2, 0) is 0 Å². The van der Waals surface area contributed by atoms with Gasteiger partial charge in [0.15, 0.2) is 5.96 Å². The van der Waals surface area contributed by atoms with E-state index in [4.69, 9.17) is 28.9 Å². The number of guanidine groups is 1. The third-order valence-corrected chi connectivity index (χ3v) is 3.91. The molecule has 21 heavy (non-hydrogen) atoms. The van der Waals surface area contributed by atoms with Crippen molar-refractivity contribution in [2.45, 2.75) is 25.7 Å². The summed E-state index contributed by atoms with van der Waals surface area (Å²) >= 11 is 11.8. The minimum absolute atomic E-state index is 0.506. The molecule has 2 rings (SSSR count). The van der Waals surface area contributed by atoms with Crippen molar-refractivity contribution in [1.29, 1.82) is 0 Å². The number of nitrogens with one attached hydrogen (secondary N) is 1. The highest BCUT2D eigenvalue weighted by Crippen LogP contribution is 2.22. The Kier molecular flexibility index (Phi) is 6.39. The topological polar surface area (TPSA) is 66.5 Å². The average molecular weight is 330 g/mol. The molecule has 0 aliphatic carbocycles. The molecule has 7 heteroatoms. The van der Waals surface area contributed by atoms with Gasteiger partial charge in [-0.1, -0.05) is 36.0 Å². The van der Waals surface area contributed by atoms with Gasteiger partial charge in [0.05, 0.1) is 16.6 Å². The largest absolute Gasteiger partial charge is 0.370 e. The summed E-state index contributed by atoms with van der Waals surface area (Å²) in [6.45, 7) is 3.23. The highest BCUT2D eigenvalue weighted by atomic mass is 35.5. The summed E-state index contributed by atoms with van der Waals surface area (Å²) in [6, 6.07) is 1.66. The molecule has 0 saturated carbocycles. The Hall–Kier alpha value is -1.20. The third-order valence-electron chi connectivity index (χ3n) is 3.42. The van der Waals surface area contributed by atoms with Crippen LogP contribution in [0.25, 0.3) is 0 Å². The van der Waals surface area contributed by atoms with Crippen molar-refractivity contribution < 1.29 is 0 Å². The van der Waals surface area contributed by atoms with Gasteiger partial charge >= 0.3 is 0 Å². The molecular weight excluding hydrogens is 309 g/mol. The van der Waals surface area contributed by atoms with E-state index in [-0.39, 0.29) is 0 Å². The van der Waals surface area contributed by atoms with Crippen LogP contribution in [0.3, 0.4) is 0 Å². The van der Waals surface area contributed by atoms with Crippen LogP contribution in [-0.4, -0.2) is 42.0 Å². The molecule has 1 fully saturated rings. The Labute approximate surface area is 135 Å². The molecular formula is C14H21Cl2N5. The summed E-state index contributed by atoms with van der Waals surface area (Å²) in [4.78, 5) is 10.7. The Balaban J connectivity index is 1.78. The van der Waals surface area contributed by atoms with Gasteiger partial charge < -0.3 is 16.0 Å². The van der Waals surface area contributed by atoms with Gasteiger partial charge in [0.1, 0.15) is 5.82 Å². The molecule has 116 valence electrons. The van der Waals surface area contributed by atoms with Gasteiger partial charge in [-0.25, -0.2) is 4.98 Å². The van der Waals surface area contributed by atoms with Crippen molar-refractivity contribution in [2.24, 2.45) is 10.7 Å². The molecule has 0 radical (unpaired) electrons. The summed E-state index contributed by atoms with van der Waals surface area (Å²) in [5, 5.41) is 4.16. The molecule has 1 aromatic rings. The zero-order valence-electron chi connectivity index (χ0n) is 12.0. The lowest BCUT2D eigenvalue weighted by molar-refractivity contribution is 0.429. The predicted octanol–water partition coefficient (Wildman–Crippen LogP) is 2.99. The van der Waals surface area contributed by atoms with Gasteiger partial charge in [-0.2, -0.15) is 0 Å². The Morgan fingerprint density at radius 3 is 2.67 bits per heavy atom. The van der Waals surface area contributed by atoms with Crippen molar-refractivity contribution >= 4 is 35.0 Å². The SMILES string of the molecule is NC(=NCCNc1ncc(Cl)cc1Cl)N1CCCCCC1. The predicted molar refractivity (Wildman–Crippen MR) is 89.3 cm³/mol. The number of rotatable bonds is 4. The first-order chi connectivity index (χ1) is 10.2. The smallest absolute Gasteiger partial charge is 0.191 e. The summed E-state index contributed by atoms with van der Waals surface area (Å²) in [5.74, 6) is 1.25. The molecule has 1 aromatic heterocycles. The molecule has 2 heterocycles. The maximum absolute atomic E-state index is 6.04. The Morgan fingerprint density at radius 2 is 2.00 bits per heavy atom. The zero-order valence-corrected chi connectivity index (χ0v) is 13.5. The van der Waals surface area contributed by atoms with Crippen molar-refractivity contribution in [3.05, 3.63) is 22.3 Å². The van der Waals surface area contributed by atoms with E-state index in [1.54, 1.807) is 12.3 Å². The van der Waals surface area contributed by atoms with Gasteiger partial charge in [-0.05, 0) is 18.9 Å². The quantitative estimate of drug-likeness (QED) is 0.506. The average Bonchev–Trinajstić information content (AvgIpc) is 2.74. The standard InChI is InChI=1S/C14H21Cl2N5/c15-11-9-12(16)13(20-10-11)18-5-6-19-14(17)21-7-3-1-2-4-8-21/h9-10H,1-8H2,(H2,17,19)(H,18,20). The van der Waals surface area contributed by atoms with Gasteiger partial charge in [0, 0.05) is 25.8 Å².